The minimum absolute atomic E-state index is 0.225. The van der Waals surface area contributed by atoms with Gasteiger partial charge in [-0.1, -0.05) is 34.8 Å². The maximum atomic E-state index is 5.40. The molecule has 0 bridgehead atoms. The van der Waals surface area contributed by atoms with Crippen LogP contribution in [0.15, 0.2) is 0 Å². The van der Waals surface area contributed by atoms with E-state index in [1.165, 1.54) is 0 Å². The van der Waals surface area contributed by atoms with Crippen LogP contribution in [0, 0.1) is 0 Å². The van der Waals surface area contributed by atoms with Gasteiger partial charge in [0.2, 0.25) is 9.76 Å². The van der Waals surface area contributed by atoms with Crippen molar-refractivity contribution < 1.29 is 4.43 Å². The van der Waals surface area contributed by atoms with Crippen LogP contribution in [0.4, 0.5) is 0 Å². The summed E-state index contributed by atoms with van der Waals surface area (Å²) in [4.78, 5) is -0.542. The van der Waals surface area contributed by atoms with Crippen LogP contribution < -0.4 is 0 Å². The van der Waals surface area contributed by atoms with Crippen molar-refractivity contribution in [2.24, 2.45) is 0 Å². The minimum Gasteiger partial charge on any atom is -0.416 e. The van der Waals surface area contributed by atoms with Crippen LogP contribution in [0.3, 0.4) is 0 Å². The quantitative estimate of drug-likeness (QED) is 0.560. The van der Waals surface area contributed by atoms with Crippen LogP contribution in [0.5, 0.6) is 0 Å². The molecule has 0 aliphatic rings. The first kappa shape index (κ1) is 11.6. The van der Waals surface area contributed by atoms with Gasteiger partial charge in [-0.05, 0) is 0 Å². The number of hydrogen-bond acceptors (Lipinski definition) is 1. The van der Waals surface area contributed by atoms with Crippen LogP contribution in [0.25, 0.3) is 0 Å². The molecule has 0 rings (SSSR count). The van der Waals surface area contributed by atoms with Gasteiger partial charge >= 0.3 is 0 Å². The molecule has 1 nitrogen and oxygen atoms in total. The number of halogens is 5. The molecule has 0 amide bonds. The highest BCUT2D eigenvalue weighted by Gasteiger charge is 2.21. The van der Waals surface area contributed by atoms with E-state index in [1.807, 2.05) is 0 Å². The second kappa shape index (κ2) is 5.30. The van der Waals surface area contributed by atoms with Gasteiger partial charge in [0.1, 0.15) is 4.84 Å². The molecule has 10 heavy (non-hydrogen) atoms. The largest absolute Gasteiger partial charge is 0.416 e. The van der Waals surface area contributed by atoms with Gasteiger partial charge in [-0.2, -0.15) is 0 Å². The lowest BCUT2D eigenvalue weighted by Crippen LogP contribution is -2.19. The van der Waals surface area contributed by atoms with Gasteiger partial charge in [0.15, 0.2) is 3.42 Å². The van der Waals surface area contributed by atoms with E-state index >= 15 is 0 Å². The summed E-state index contributed by atoms with van der Waals surface area (Å²) in [5.74, 6) is 0. The fourth-order valence-corrected chi connectivity index (χ4v) is 2.02. The Bertz CT molecular complexity index is 91.4. The second-order valence-electron chi connectivity index (χ2n) is 1.52. The van der Waals surface area contributed by atoms with Crippen LogP contribution in [-0.2, 0) is 4.43 Å². The Morgan fingerprint density at radius 3 is 2.10 bits per heavy atom. The number of alkyl halides is 5. The Labute approximate surface area is 86.8 Å². The summed E-state index contributed by atoms with van der Waals surface area (Å²) in [5, 5.41) is 0. The average molecular weight is 262 g/mol. The van der Waals surface area contributed by atoms with Crippen LogP contribution in [0.1, 0.15) is 0 Å². The number of rotatable bonds is 3. The molecule has 0 radical (unpaired) electrons. The first-order chi connectivity index (χ1) is 4.42. The Morgan fingerprint density at radius 2 is 1.80 bits per heavy atom. The van der Waals surface area contributed by atoms with E-state index in [-0.39, 0.29) is 6.61 Å². The molecule has 7 heteroatoms. The van der Waals surface area contributed by atoms with E-state index < -0.39 is 18.0 Å². The summed E-state index contributed by atoms with van der Waals surface area (Å²) in [6.07, 6.45) is 0. The molecule has 0 spiro atoms. The fraction of sp³-hybridized carbons (Fsp3) is 1.00. The van der Waals surface area contributed by atoms with Crippen LogP contribution >= 0.6 is 58.0 Å². The topological polar surface area (TPSA) is 9.23 Å². The van der Waals surface area contributed by atoms with Gasteiger partial charge < -0.3 is 4.43 Å². The van der Waals surface area contributed by atoms with E-state index in [2.05, 4.69) is 0 Å². The molecule has 0 saturated carbocycles. The molecule has 0 saturated heterocycles. The zero-order chi connectivity index (χ0) is 8.20. The predicted molar refractivity (Wildman–Crippen MR) is 50.3 cm³/mol. The molecule has 0 heterocycles. The van der Waals surface area contributed by atoms with Crippen molar-refractivity contribution in [3.05, 3.63) is 0 Å². The van der Waals surface area contributed by atoms with E-state index in [0.717, 1.165) is 0 Å². The van der Waals surface area contributed by atoms with Crippen LogP contribution in [0.2, 0.25) is 0 Å². The lowest BCUT2D eigenvalue weighted by Gasteiger charge is -2.10. The first-order valence-corrected chi connectivity index (χ1v) is 5.63. The van der Waals surface area contributed by atoms with Crippen LogP contribution in [-0.4, -0.2) is 24.6 Å². The van der Waals surface area contributed by atoms with Crippen molar-refractivity contribution >= 4 is 67.8 Å². The summed E-state index contributed by atoms with van der Waals surface area (Å²) in [6, 6.07) is 0. The zero-order valence-electron chi connectivity index (χ0n) is 4.79. The Kier molecular flexibility index (Phi) is 6.17. The maximum absolute atomic E-state index is 5.40. The summed E-state index contributed by atoms with van der Waals surface area (Å²) >= 11 is 26.9. The summed E-state index contributed by atoms with van der Waals surface area (Å²) in [5.41, 5.74) is 0. The molecule has 0 atom stereocenters. The molecule has 62 valence electrons. The Hall–Kier alpha value is 1.63. The molecule has 0 N–H and O–H groups in total. The standard InChI is InChI=1S/C3H5Cl5OSi/c4-2(5)1-9-10-3(6,7)8/h2H,1,10H2. The van der Waals surface area contributed by atoms with E-state index in [0.29, 0.717) is 0 Å². The highest BCUT2D eigenvalue weighted by molar-refractivity contribution is 6.85. The third kappa shape index (κ3) is 9.63. The molecule has 0 aromatic heterocycles. The van der Waals surface area contributed by atoms with Crippen molar-refractivity contribution in [1.29, 1.82) is 0 Å². The van der Waals surface area contributed by atoms with Crippen molar-refractivity contribution in [2.75, 3.05) is 6.61 Å². The fourth-order valence-electron chi connectivity index (χ4n) is 0.264. The predicted octanol–water partition coefficient (Wildman–Crippen LogP) is 2.22. The highest BCUT2D eigenvalue weighted by atomic mass is 35.6. The maximum Gasteiger partial charge on any atom is 0.218 e. The van der Waals surface area contributed by atoms with Crippen molar-refractivity contribution in [3.63, 3.8) is 0 Å². The molecule has 0 fully saturated rings. The van der Waals surface area contributed by atoms with E-state index in [9.17, 15) is 0 Å². The van der Waals surface area contributed by atoms with Gasteiger partial charge in [-0.25, -0.2) is 0 Å². The van der Waals surface area contributed by atoms with Gasteiger partial charge in [0, 0.05) is 0 Å². The summed E-state index contributed by atoms with van der Waals surface area (Å²) in [6.45, 7) is 0.225. The van der Waals surface area contributed by atoms with Gasteiger partial charge in [0.25, 0.3) is 0 Å². The van der Waals surface area contributed by atoms with Gasteiger partial charge in [-0.3, -0.25) is 0 Å². The Morgan fingerprint density at radius 1 is 1.30 bits per heavy atom. The first-order valence-electron chi connectivity index (χ1n) is 2.34. The summed E-state index contributed by atoms with van der Waals surface area (Å²) in [7, 11) is -1.17. The molecule has 0 aromatic carbocycles. The molecule has 0 unspecified atom stereocenters. The normalized spacial score (nSPS) is 13.8. The molecule has 0 aliphatic heterocycles. The summed E-state index contributed by atoms with van der Waals surface area (Å²) < 4.78 is 3.69. The minimum atomic E-state index is -1.25. The van der Waals surface area contributed by atoms with Crippen molar-refractivity contribution in [3.8, 4) is 0 Å². The lowest BCUT2D eigenvalue weighted by atomic mass is 10.9. The van der Waals surface area contributed by atoms with Crippen molar-refractivity contribution in [1.82, 2.24) is 0 Å². The highest BCUT2D eigenvalue weighted by Crippen LogP contribution is 2.24. The molecule has 0 aliphatic carbocycles. The monoisotopic (exact) mass is 260 g/mol. The van der Waals surface area contributed by atoms with E-state index in [1.54, 1.807) is 0 Å². The zero-order valence-corrected chi connectivity index (χ0v) is 9.98. The number of hydrogen-bond donors (Lipinski definition) is 0. The molecular weight excluding hydrogens is 257 g/mol. The van der Waals surface area contributed by atoms with Gasteiger partial charge in [-0.15, -0.1) is 23.2 Å². The third-order valence-corrected chi connectivity index (χ3v) is 2.51. The smallest absolute Gasteiger partial charge is 0.218 e. The Balaban J connectivity index is 3.21. The second-order valence-corrected chi connectivity index (χ2v) is 8.42. The lowest BCUT2D eigenvalue weighted by molar-refractivity contribution is 0.354. The average Bonchev–Trinajstić information content (AvgIpc) is 1.59. The molecule has 0 aromatic rings. The SMILES string of the molecule is ClC(Cl)CO[SiH2]C(Cl)(Cl)Cl. The van der Waals surface area contributed by atoms with Gasteiger partial charge in [0.05, 0.1) is 6.61 Å². The molecular formula is C3H5Cl5OSi. The van der Waals surface area contributed by atoms with E-state index in [4.69, 9.17) is 62.4 Å². The third-order valence-electron chi connectivity index (χ3n) is 0.510. The van der Waals surface area contributed by atoms with Crippen molar-refractivity contribution in [2.45, 2.75) is 8.25 Å².